The van der Waals surface area contributed by atoms with E-state index in [9.17, 15) is 18.0 Å². The Bertz CT molecular complexity index is 662. The van der Waals surface area contributed by atoms with Crippen LogP contribution in [0.1, 0.15) is 5.56 Å². The van der Waals surface area contributed by atoms with Gasteiger partial charge in [-0.3, -0.25) is 4.79 Å². The molecule has 0 radical (unpaired) electrons. The Morgan fingerprint density at radius 2 is 2.00 bits per heavy atom. The zero-order valence-corrected chi connectivity index (χ0v) is 11.1. The first kappa shape index (κ1) is 15.1. The minimum Gasteiger partial charge on any atom is -0.435 e. The van der Waals surface area contributed by atoms with E-state index < -0.39 is 11.7 Å². The second-order valence-electron chi connectivity index (χ2n) is 3.87. The molecule has 0 spiro atoms. The van der Waals surface area contributed by atoms with E-state index in [0.29, 0.717) is 18.3 Å². The SMILES string of the molecule is O=CNc1ccccc1Oc1ncc(C(F)(F)F)cc1Cl. The number of hydrogen-bond acceptors (Lipinski definition) is 3. The van der Waals surface area contributed by atoms with Gasteiger partial charge in [0.25, 0.3) is 0 Å². The molecule has 0 fully saturated rings. The molecule has 4 nitrogen and oxygen atoms in total. The van der Waals surface area contributed by atoms with Crippen LogP contribution < -0.4 is 10.1 Å². The number of nitrogens with one attached hydrogen (secondary N) is 1. The third-order valence-electron chi connectivity index (χ3n) is 2.44. The summed E-state index contributed by atoms with van der Waals surface area (Å²) in [6, 6.07) is 7.08. The Hall–Kier alpha value is -2.28. The Kier molecular flexibility index (Phi) is 4.32. The van der Waals surface area contributed by atoms with Crippen LogP contribution in [-0.4, -0.2) is 11.4 Å². The highest BCUT2D eigenvalue weighted by atomic mass is 35.5. The third-order valence-corrected chi connectivity index (χ3v) is 2.71. The van der Waals surface area contributed by atoms with Crippen molar-refractivity contribution in [1.82, 2.24) is 4.98 Å². The molecule has 0 bridgehead atoms. The fourth-order valence-electron chi connectivity index (χ4n) is 1.50. The van der Waals surface area contributed by atoms with E-state index in [2.05, 4.69) is 10.3 Å². The molecular formula is C13H8ClF3N2O2. The summed E-state index contributed by atoms with van der Waals surface area (Å²) < 4.78 is 42.8. The molecule has 1 heterocycles. The number of carbonyl (C=O) groups is 1. The van der Waals surface area contributed by atoms with Crippen molar-refractivity contribution in [3.8, 4) is 11.6 Å². The summed E-state index contributed by atoms with van der Waals surface area (Å²) in [5, 5.41) is 2.11. The van der Waals surface area contributed by atoms with Gasteiger partial charge in [0.15, 0.2) is 5.75 Å². The third kappa shape index (κ3) is 3.63. The number of benzene rings is 1. The minimum atomic E-state index is -4.54. The van der Waals surface area contributed by atoms with Crippen molar-refractivity contribution in [2.45, 2.75) is 6.18 Å². The maximum Gasteiger partial charge on any atom is 0.417 e. The van der Waals surface area contributed by atoms with Crippen LogP contribution in [0.4, 0.5) is 18.9 Å². The van der Waals surface area contributed by atoms with Gasteiger partial charge in [-0.15, -0.1) is 0 Å². The van der Waals surface area contributed by atoms with E-state index >= 15 is 0 Å². The molecule has 2 aromatic rings. The second-order valence-corrected chi connectivity index (χ2v) is 4.28. The largest absolute Gasteiger partial charge is 0.435 e. The maximum atomic E-state index is 12.5. The number of carbonyl (C=O) groups excluding carboxylic acids is 1. The Labute approximate surface area is 122 Å². The molecule has 8 heteroatoms. The van der Waals surface area contributed by atoms with E-state index in [1.165, 1.54) is 6.07 Å². The molecule has 110 valence electrons. The van der Waals surface area contributed by atoms with Crippen molar-refractivity contribution >= 4 is 23.7 Å². The Balaban J connectivity index is 2.30. The number of para-hydroxylation sites is 2. The van der Waals surface area contributed by atoms with Gasteiger partial charge in [0.05, 0.1) is 11.3 Å². The summed E-state index contributed by atoms with van der Waals surface area (Å²) in [4.78, 5) is 14.0. The average Bonchev–Trinajstić information content (AvgIpc) is 2.42. The molecule has 1 aromatic carbocycles. The number of aromatic nitrogens is 1. The minimum absolute atomic E-state index is 0.190. The smallest absolute Gasteiger partial charge is 0.417 e. The van der Waals surface area contributed by atoms with Crippen molar-refractivity contribution < 1.29 is 22.7 Å². The molecular weight excluding hydrogens is 309 g/mol. The summed E-state index contributed by atoms with van der Waals surface area (Å²) in [7, 11) is 0. The molecule has 1 amide bonds. The number of pyridine rings is 1. The first-order chi connectivity index (χ1) is 9.91. The molecule has 0 aliphatic carbocycles. The van der Waals surface area contributed by atoms with E-state index in [1.807, 2.05) is 0 Å². The predicted octanol–water partition coefficient (Wildman–Crippen LogP) is 4.11. The van der Waals surface area contributed by atoms with E-state index in [4.69, 9.17) is 16.3 Å². The van der Waals surface area contributed by atoms with Crippen molar-refractivity contribution in [2.75, 3.05) is 5.32 Å². The van der Waals surface area contributed by atoms with E-state index in [1.54, 1.807) is 18.2 Å². The number of ether oxygens (including phenoxy) is 1. The topological polar surface area (TPSA) is 51.2 Å². The lowest BCUT2D eigenvalue weighted by atomic mass is 10.3. The number of amides is 1. The Morgan fingerprint density at radius 3 is 2.62 bits per heavy atom. The maximum absolute atomic E-state index is 12.5. The normalized spacial score (nSPS) is 11.0. The van der Waals surface area contributed by atoms with Gasteiger partial charge in [-0.05, 0) is 18.2 Å². The summed E-state index contributed by atoms with van der Waals surface area (Å²) in [6.07, 6.45) is -3.47. The van der Waals surface area contributed by atoms with Crippen LogP contribution >= 0.6 is 11.6 Å². The molecule has 0 aliphatic heterocycles. The quantitative estimate of drug-likeness (QED) is 0.863. The molecule has 0 saturated carbocycles. The summed E-state index contributed by atoms with van der Waals surface area (Å²) >= 11 is 5.74. The number of rotatable bonds is 4. The lowest BCUT2D eigenvalue weighted by molar-refractivity contribution is -0.137. The van der Waals surface area contributed by atoms with Crippen molar-refractivity contribution in [3.63, 3.8) is 0 Å². The number of nitrogens with zero attached hydrogens (tertiary/aromatic N) is 1. The van der Waals surface area contributed by atoms with Crippen LogP contribution in [-0.2, 0) is 11.0 Å². The highest BCUT2D eigenvalue weighted by Crippen LogP contribution is 2.36. The van der Waals surface area contributed by atoms with Crippen LogP contribution in [0.2, 0.25) is 5.02 Å². The lowest BCUT2D eigenvalue weighted by Crippen LogP contribution is -2.06. The monoisotopic (exact) mass is 316 g/mol. The van der Waals surface area contributed by atoms with Gasteiger partial charge in [0.2, 0.25) is 12.3 Å². The highest BCUT2D eigenvalue weighted by Gasteiger charge is 2.31. The summed E-state index contributed by atoms with van der Waals surface area (Å²) in [5.41, 5.74) is -0.635. The van der Waals surface area contributed by atoms with Crippen molar-refractivity contribution in [2.24, 2.45) is 0 Å². The zero-order valence-electron chi connectivity index (χ0n) is 10.3. The molecule has 1 aromatic heterocycles. The predicted molar refractivity (Wildman–Crippen MR) is 70.5 cm³/mol. The van der Waals surface area contributed by atoms with Crippen LogP contribution in [0.15, 0.2) is 36.5 Å². The number of halogens is 4. The molecule has 2 rings (SSSR count). The van der Waals surface area contributed by atoms with Crippen molar-refractivity contribution in [1.29, 1.82) is 0 Å². The van der Waals surface area contributed by atoms with Crippen LogP contribution in [0.25, 0.3) is 0 Å². The van der Waals surface area contributed by atoms with Gasteiger partial charge in [0.1, 0.15) is 5.02 Å². The van der Waals surface area contributed by atoms with Gasteiger partial charge < -0.3 is 10.1 Å². The standard InChI is InChI=1S/C13H8ClF3N2O2/c14-9-5-8(13(15,16)17)6-18-12(9)21-11-4-2-1-3-10(11)19-7-20/h1-7H,(H,19,20). The van der Waals surface area contributed by atoms with Crippen LogP contribution in [0, 0.1) is 0 Å². The second kappa shape index (κ2) is 6.01. The van der Waals surface area contributed by atoms with Crippen molar-refractivity contribution in [3.05, 3.63) is 47.1 Å². The molecule has 21 heavy (non-hydrogen) atoms. The van der Waals surface area contributed by atoms with Crippen LogP contribution in [0.3, 0.4) is 0 Å². The van der Waals surface area contributed by atoms with E-state index in [-0.39, 0.29) is 16.7 Å². The van der Waals surface area contributed by atoms with Gasteiger partial charge >= 0.3 is 6.18 Å². The number of alkyl halides is 3. The van der Waals surface area contributed by atoms with Gasteiger partial charge in [-0.1, -0.05) is 23.7 Å². The zero-order chi connectivity index (χ0) is 15.5. The van der Waals surface area contributed by atoms with Gasteiger partial charge in [-0.25, -0.2) is 4.98 Å². The molecule has 0 aliphatic rings. The van der Waals surface area contributed by atoms with Gasteiger partial charge in [-0.2, -0.15) is 13.2 Å². The Morgan fingerprint density at radius 1 is 1.29 bits per heavy atom. The molecule has 1 N–H and O–H groups in total. The first-order valence-corrected chi connectivity index (χ1v) is 5.99. The summed E-state index contributed by atoms with van der Waals surface area (Å²) in [6.45, 7) is 0. The average molecular weight is 317 g/mol. The fourth-order valence-corrected chi connectivity index (χ4v) is 1.70. The number of anilines is 1. The molecule has 0 atom stereocenters. The number of hydrogen-bond donors (Lipinski definition) is 1. The fraction of sp³-hybridized carbons (Fsp3) is 0.0769. The van der Waals surface area contributed by atoms with Crippen LogP contribution in [0.5, 0.6) is 11.6 Å². The summed E-state index contributed by atoms with van der Waals surface area (Å²) in [5.74, 6) is 0.0172. The lowest BCUT2D eigenvalue weighted by Gasteiger charge is -2.12. The highest BCUT2D eigenvalue weighted by molar-refractivity contribution is 6.31. The first-order valence-electron chi connectivity index (χ1n) is 5.61. The van der Waals surface area contributed by atoms with E-state index in [0.717, 1.165) is 6.07 Å². The molecule has 0 unspecified atom stereocenters. The van der Waals surface area contributed by atoms with Gasteiger partial charge in [0, 0.05) is 6.20 Å². The molecule has 0 saturated heterocycles.